The molecule has 0 fully saturated rings. The third kappa shape index (κ3) is 1.27. The summed E-state index contributed by atoms with van der Waals surface area (Å²) in [5.74, 6) is -0.448. The molecule has 0 unspecified atom stereocenters. The molecular formula is C8H4FNO2S2. The predicted octanol–water partition coefficient (Wildman–Crippen LogP) is 3.24. The van der Waals surface area contributed by atoms with Crippen molar-refractivity contribution in [2.24, 2.45) is 0 Å². The Balaban J connectivity index is 2.90. The number of halogens is 1. The molecule has 0 spiro atoms. The van der Waals surface area contributed by atoms with Crippen LogP contribution in [0.15, 0.2) is 22.4 Å². The molecule has 3 nitrogen and oxygen atoms in total. The van der Waals surface area contributed by atoms with E-state index in [1.54, 1.807) is 0 Å². The number of thiophene rings is 1. The summed E-state index contributed by atoms with van der Waals surface area (Å²) >= 11 is 4.93. The molecule has 0 amide bonds. The van der Waals surface area contributed by atoms with Crippen LogP contribution in [-0.2, 0) is 0 Å². The molecule has 0 N–H and O–H groups in total. The average molecular weight is 229 g/mol. The van der Waals surface area contributed by atoms with Crippen molar-refractivity contribution < 1.29 is 9.31 Å². The van der Waals surface area contributed by atoms with Gasteiger partial charge in [-0.05, 0) is 12.1 Å². The minimum Gasteiger partial charge on any atom is -0.258 e. The van der Waals surface area contributed by atoms with Crippen molar-refractivity contribution in [1.29, 1.82) is 0 Å². The Bertz CT molecular complexity index is 523. The van der Waals surface area contributed by atoms with Crippen LogP contribution in [0.5, 0.6) is 0 Å². The van der Waals surface area contributed by atoms with Gasteiger partial charge in [0.05, 0.1) is 15.0 Å². The maximum atomic E-state index is 13.2. The highest BCUT2D eigenvalue weighted by Crippen LogP contribution is 2.40. The van der Waals surface area contributed by atoms with E-state index in [0.29, 0.717) is 5.39 Å². The van der Waals surface area contributed by atoms with Gasteiger partial charge in [0.25, 0.3) is 0 Å². The molecule has 1 aromatic carbocycles. The first-order valence-electron chi connectivity index (χ1n) is 3.65. The van der Waals surface area contributed by atoms with Gasteiger partial charge < -0.3 is 0 Å². The van der Waals surface area contributed by atoms with E-state index in [1.165, 1.54) is 18.2 Å². The molecule has 1 aromatic heterocycles. The number of hydrogen-bond acceptors (Lipinski definition) is 4. The summed E-state index contributed by atoms with van der Waals surface area (Å²) < 4.78 is 13.7. The zero-order valence-electron chi connectivity index (χ0n) is 6.73. The van der Waals surface area contributed by atoms with Crippen LogP contribution >= 0.6 is 24.0 Å². The Morgan fingerprint density at radius 2 is 2.21 bits per heavy atom. The van der Waals surface area contributed by atoms with Crippen molar-refractivity contribution >= 4 is 39.7 Å². The summed E-state index contributed by atoms with van der Waals surface area (Å²) in [4.78, 5) is 10.1. The molecule has 2 rings (SSSR count). The molecule has 14 heavy (non-hydrogen) atoms. The highest BCUT2D eigenvalue weighted by molar-refractivity contribution is 7.83. The van der Waals surface area contributed by atoms with Gasteiger partial charge in [0, 0.05) is 0 Å². The van der Waals surface area contributed by atoms with Crippen LogP contribution in [0, 0.1) is 15.9 Å². The predicted molar refractivity (Wildman–Crippen MR) is 55.7 cm³/mol. The number of rotatable bonds is 1. The number of thiol groups is 1. The minimum atomic E-state index is -0.541. The first-order valence-corrected chi connectivity index (χ1v) is 4.92. The fourth-order valence-electron chi connectivity index (χ4n) is 1.24. The SMILES string of the molecule is O=[N+]([O-])c1c(S)sc2c(F)cccc12. The van der Waals surface area contributed by atoms with Crippen molar-refractivity contribution in [1.82, 2.24) is 0 Å². The van der Waals surface area contributed by atoms with Crippen LogP contribution in [0.1, 0.15) is 0 Å². The molecule has 0 bridgehead atoms. The second-order valence-electron chi connectivity index (χ2n) is 2.63. The van der Waals surface area contributed by atoms with Crippen molar-refractivity contribution in [2.45, 2.75) is 4.21 Å². The summed E-state index contributed by atoms with van der Waals surface area (Å²) in [5.41, 5.74) is -0.118. The lowest BCUT2D eigenvalue weighted by molar-refractivity contribution is -0.385. The Morgan fingerprint density at radius 3 is 2.86 bits per heavy atom. The zero-order chi connectivity index (χ0) is 10.3. The monoisotopic (exact) mass is 229 g/mol. The van der Waals surface area contributed by atoms with Gasteiger partial charge in [-0.1, -0.05) is 6.07 Å². The molecule has 0 aliphatic heterocycles. The van der Waals surface area contributed by atoms with Crippen LogP contribution in [-0.4, -0.2) is 4.92 Å². The molecule has 0 aliphatic rings. The molecule has 0 atom stereocenters. The highest BCUT2D eigenvalue weighted by Gasteiger charge is 2.21. The van der Waals surface area contributed by atoms with E-state index in [1.807, 2.05) is 0 Å². The van der Waals surface area contributed by atoms with E-state index in [9.17, 15) is 14.5 Å². The van der Waals surface area contributed by atoms with Crippen LogP contribution < -0.4 is 0 Å². The van der Waals surface area contributed by atoms with Crippen molar-refractivity contribution in [3.8, 4) is 0 Å². The van der Waals surface area contributed by atoms with Gasteiger partial charge in [0.15, 0.2) is 0 Å². The molecule has 6 heteroatoms. The lowest BCUT2D eigenvalue weighted by Gasteiger charge is -1.90. The minimum absolute atomic E-state index is 0.118. The summed E-state index contributed by atoms with van der Waals surface area (Å²) in [6.07, 6.45) is 0. The Kier molecular flexibility index (Phi) is 2.16. The molecule has 0 radical (unpaired) electrons. The maximum absolute atomic E-state index is 13.2. The summed E-state index contributed by atoms with van der Waals surface area (Å²) in [6, 6.07) is 4.24. The normalized spacial score (nSPS) is 10.7. The van der Waals surface area contributed by atoms with Crippen LogP contribution in [0.25, 0.3) is 10.1 Å². The largest absolute Gasteiger partial charge is 0.301 e. The van der Waals surface area contributed by atoms with Gasteiger partial charge >= 0.3 is 5.69 Å². The fourth-order valence-corrected chi connectivity index (χ4v) is 2.63. The molecule has 0 aliphatic carbocycles. The molecule has 0 saturated carbocycles. The second-order valence-corrected chi connectivity index (χ2v) is 4.40. The first kappa shape index (κ1) is 9.42. The van der Waals surface area contributed by atoms with Gasteiger partial charge in [0.1, 0.15) is 10.0 Å². The molecular weight excluding hydrogens is 225 g/mol. The zero-order valence-corrected chi connectivity index (χ0v) is 8.44. The Labute approximate surface area is 87.7 Å². The number of nitrogens with zero attached hydrogens (tertiary/aromatic N) is 1. The molecule has 1 heterocycles. The fraction of sp³-hybridized carbons (Fsp3) is 0. The summed E-state index contributed by atoms with van der Waals surface area (Å²) in [7, 11) is 0. The van der Waals surface area contributed by atoms with Crippen LogP contribution in [0.4, 0.5) is 10.1 Å². The molecule has 2 aromatic rings. The van der Waals surface area contributed by atoms with Gasteiger partial charge in [-0.3, -0.25) is 10.1 Å². The highest BCUT2D eigenvalue weighted by atomic mass is 32.2. The smallest absolute Gasteiger partial charge is 0.258 e. The third-order valence-corrected chi connectivity index (χ3v) is 3.30. The Morgan fingerprint density at radius 1 is 1.50 bits per heavy atom. The lowest BCUT2D eigenvalue weighted by Crippen LogP contribution is -1.86. The van der Waals surface area contributed by atoms with Gasteiger partial charge in [-0.25, -0.2) is 4.39 Å². The number of fused-ring (bicyclic) bond motifs is 1. The quantitative estimate of drug-likeness (QED) is 0.463. The molecule has 72 valence electrons. The summed E-state index contributed by atoms with van der Waals surface area (Å²) in [6.45, 7) is 0. The van der Waals surface area contributed by atoms with E-state index in [-0.39, 0.29) is 14.6 Å². The summed E-state index contributed by atoms with van der Waals surface area (Å²) in [5, 5.41) is 11.0. The van der Waals surface area contributed by atoms with Gasteiger partial charge in [0.2, 0.25) is 0 Å². The number of hydrogen-bond donors (Lipinski definition) is 1. The van der Waals surface area contributed by atoms with Crippen molar-refractivity contribution in [3.05, 3.63) is 34.1 Å². The Hall–Kier alpha value is -1.14. The standard InChI is InChI=1S/C8H4FNO2S2/c9-5-3-1-2-4-6(10(11)12)8(13)14-7(4)5/h1-3,13H. The second kappa shape index (κ2) is 3.21. The van der Waals surface area contributed by atoms with E-state index in [4.69, 9.17) is 0 Å². The van der Waals surface area contributed by atoms with E-state index in [0.717, 1.165) is 11.3 Å². The van der Waals surface area contributed by atoms with Crippen LogP contribution in [0.2, 0.25) is 0 Å². The van der Waals surface area contributed by atoms with Gasteiger partial charge in [-0.2, -0.15) is 0 Å². The van der Waals surface area contributed by atoms with E-state index >= 15 is 0 Å². The number of nitro groups is 1. The third-order valence-electron chi connectivity index (χ3n) is 1.81. The van der Waals surface area contributed by atoms with E-state index < -0.39 is 10.7 Å². The lowest BCUT2D eigenvalue weighted by atomic mass is 10.2. The topological polar surface area (TPSA) is 43.1 Å². The molecule has 0 saturated heterocycles. The van der Waals surface area contributed by atoms with E-state index in [2.05, 4.69) is 12.6 Å². The number of benzene rings is 1. The average Bonchev–Trinajstić information content (AvgIpc) is 2.42. The maximum Gasteiger partial charge on any atom is 0.301 e. The van der Waals surface area contributed by atoms with Crippen molar-refractivity contribution in [2.75, 3.05) is 0 Å². The first-order chi connectivity index (χ1) is 6.61. The van der Waals surface area contributed by atoms with Crippen LogP contribution in [0.3, 0.4) is 0 Å². The van der Waals surface area contributed by atoms with Gasteiger partial charge in [-0.15, -0.1) is 24.0 Å². The van der Waals surface area contributed by atoms with Crippen molar-refractivity contribution in [3.63, 3.8) is 0 Å².